The molecule has 104 valence electrons. The Hall–Kier alpha value is -0.780. The SMILES string of the molecule is CC1CNCC1C(=O)N1CCCC(C(F)(F)F)C1. The quantitative estimate of drug-likeness (QED) is 0.781. The van der Waals surface area contributed by atoms with Gasteiger partial charge in [0.05, 0.1) is 11.8 Å². The molecule has 0 aromatic heterocycles. The van der Waals surface area contributed by atoms with Gasteiger partial charge in [-0.05, 0) is 25.3 Å². The lowest BCUT2D eigenvalue weighted by Crippen LogP contribution is -2.47. The molecule has 3 unspecified atom stereocenters. The lowest BCUT2D eigenvalue weighted by atomic mass is 9.92. The minimum absolute atomic E-state index is 0.110. The topological polar surface area (TPSA) is 32.3 Å². The number of carbonyl (C=O) groups excluding carboxylic acids is 1. The maximum absolute atomic E-state index is 12.7. The molecule has 2 rings (SSSR count). The van der Waals surface area contributed by atoms with Crippen LogP contribution < -0.4 is 5.32 Å². The summed E-state index contributed by atoms with van der Waals surface area (Å²) in [6.07, 6.45) is -3.59. The van der Waals surface area contributed by atoms with Crippen LogP contribution in [0.4, 0.5) is 13.2 Å². The molecule has 2 aliphatic rings. The number of likely N-dealkylation sites (tertiary alicyclic amines) is 1. The Kier molecular flexibility index (Phi) is 3.84. The van der Waals surface area contributed by atoms with E-state index in [1.165, 1.54) is 4.90 Å². The van der Waals surface area contributed by atoms with Gasteiger partial charge in [-0.1, -0.05) is 6.92 Å². The van der Waals surface area contributed by atoms with E-state index in [9.17, 15) is 18.0 Å². The molecule has 0 radical (unpaired) electrons. The van der Waals surface area contributed by atoms with Crippen molar-refractivity contribution in [3.05, 3.63) is 0 Å². The fourth-order valence-electron chi connectivity index (χ4n) is 2.82. The highest BCUT2D eigenvalue weighted by Crippen LogP contribution is 2.34. The molecule has 0 aromatic rings. The van der Waals surface area contributed by atoms with Gasteiger partial charge >= 0.3 is 6.18 Å². The molecule has 0 aliphatic carbocycles. The molecule has 0 bridgehead atoms. The largest absolute Gasteiger partial charge is 0.393 e. The second-order valence-corrected chi connectivity index (χ2v) is 5.41. The van der Waals surface area contributed by atoms with Gasteiger partial charge in [0.1, 0.15) is 0 Å². The molecule has 2 saturated heterocycles. The van der Waals surface area contributed by atoms with Crippen LogP contribution in [0, 0.1) is 17.8 Å². The van der Waals surface area contributed by atoms with Crippen molar-refractivity contribution in [2.45, 2.75) is 25.9 Å². The van der Waals surface area contributed by atoms with E-state index in [1.807, 2.05) is 6.92 Å². The minimum atomic E-state index is -4.18. The Morgan fingerprint density at radius 2 is 2.06 bits per heavy atom. The number of halogens is 3. The molecule has 2 heterocycles. The molecular formula is C12H19F3N2O. The fraction of sp³-hybridized carbons (Fsp3) is 0.917. The standard InChI is InChI=1S/C12H19F3N2O/c1-8-5-16-6-10(8)11(18)17-4-2-3-9(7-17)12(13,14)15/h8-10,16H,2-7H2,1H3. The summed E-state index contributed by atoms with van der Waals surface area (Å²) < 4.78 is 38.0. The molecule has 0 spiro atoms. The summed E-state index contributed by atoms with van der Waals surface area (Å²) in [6.45, 7) is 3.63. The Labute approximate surface area is 105 Å². The van der Waals surface area contributed by atoms with E-state index in [1.54, 1.807) is 0 Å². The van der Waals surface area contributed by atoms with E-state index in [-0.39, 0.29) is 30.7 Å². The summed E-state index contributed by atoms with van der Waals surface area (Å²) >= 11 is 0. The highest BCUT2D eigenvalue weighted by Gasteiger charge is 2.44. The number of alkyl halides is 3. The van der Waals surface area contributed by atoms with Crippen LogP contribution in [-0.4, -0.2) is 43.2 Å². The Balaban J connectivity index is 1.98. The van der Waals surface area contributed by atoms with Gasteiger partial charge in [-0.15, -0.1) is 0 Å². The van der Waals surface area contributed by atoms with Crippen molar-refractivity contribution in [1.29, 1.82) is 0 Å². The van der Waals surface area contributed by atoms with Crippen molar-refractivity contribution in [2.75, 3.05) is 26.2 Å². The lowest BCUT2D eigenvalue weighted by molar-refractivity contribution is -0.188. The number of hydrogen-bond donors (Lipinski definition) is 1. The van der Waals surface area contributed by atoms with Crippen LogP contribution in [0.1, 0.15) is 19.8 Å². The second kappa shape index (κ2) is 5.07. The Morgan fingerprint density at radius 3 is 2.61 bits per heavy atom. The van der Waals surface area contributed by atoms with Crippen LogP contribution in [0.25, 0.3) is 0 Å². The van der Waals surface area contributed by atoms with Gasteiger partial charge in [-0.25, -0.2) is 0 Å². The minimum Gasteiger partial charge on any atom is -0.342 e. The van der Waals surface area contributed by atoms with Crippen LogP contribution in [0.15, 0.2) is 0 Å². The van der Waals surface area contributed by atoms with Crippen molar-refractivity contribution in [1.82, 2.24) is 10.2 Å². The molecule has 0 aromatic carbocycles. The number of hydrogen-bond acceptors (Lipinski definition) is 2. The van der Waals surface area contributed by atoms with Crippen LogP contribution in [0.3, 0.4) is 0 Å². The van der Waals surface area contributed by atoms with Crippen molar-refractivity contribution in [3.8, 4) is 0 Å². The average molecular weight is 264 g/mol. The lowest BCUT2D eigenvalue weighted by Gasteiger charge is -2.35. The summed E-state index contributed by atoms with van der Waals surface area (Å²) in [5, 5.41) is 3.11. The molecule has 1 N–H and O–H groups in total. The summed E-state index contributed by atoms with van der Waals surface area (Å²) in [7, 11) is 0. The summed E-state index contributed by atoms with van der Waals surface area (Å²) in [4.78, 5) is 13.6. The monoisotopic (exact) mass is 264 g/mol. The smallest absolute Gasteiger partial charge is 0.342 e. The summed E-state index contributed by atoms with van der Waals surface area (Å²) in [5.41, 5.74) is 0. The van der Waals surface area contributed by atoms with E-state index >= 15 is 0 Å². The molecule has 3 atom stereocenters. The number of amides is 1. The van der Waals surface area contributed by atoms with Gasteiger partial charge in [0, 0.05) is 19.6 Å². The van der Waals surface area contributed by atoms with Gasteiger partial charge in [0.2, 0.25) is 5.91 Å². The molecule has 2 fully saturated rings. The first-order valence-corrected chi connectivity index (χ1v) is 6.46. The van der Waals surface area contributed by atoms with Crippen LogP contribution in [0.5, 0.6) is 0 Å². The number of nitrogens with zero attached hydrogens (tertiary/aromatic N) is 1. The van der Waals surface area contributed by atoms with E-state index in [2.05, 4.69) is 5.32 Å². The fourth-order valence-corrected chi connectivity index (χ4v) is 2.82. The maximum Gasteiger partial charge on any atom is 0.393 e. The predicted molar refractivity (Wildman–Crippen MR) is 60.9 cm³/mol. The van der Waals surface area contributed by atoms with Gasteiger partial charge in [0.15, 0.2) is 0 Å². The third-order valence-electron chi connectivity index (χ3n) is 4.03. The molecule has 2 aliphatic heterocycles. The summed E-state index contributed by atoms with van der Waals surface area (Å²) in [6, 6.07) is 0. The second-order valence-electron chi connectivity index (χ2n) is 5.41. The first-order chi connectivity index (χ1) is 8.39. The Bertz CT molecular complexity index is 319. The van der Waals surface area contributed by atoms with Crippen LogP contribution in [-0.2, 0) is 4.79 Å². The highest BCUT2D eigenvalue weighted by atomic mass is 19.4. The zero-order chi connectivity index (χ0) is 13.3. The maximum atomic E-state index is 12.7. The van der Waals surface area contributed by atoms with E-state index in [0.29, 0.717) is 19.5 Å². The predicted octanol–water partition coefficient (Wildman–Crippen LogP) is 1.64. The molecule has 1 amide bonds. The zero-order valence-corrected chi connectivity index (χ0v) is 10.5. The molecule has 18 heavy (non-hydrogen) atoms. The van der Waals surface area contributed by atoms with Gasteiger partial charge in [-0.3, -0.25) is 4.79 Å². The van der Waals surface area contributed by atoms with Gasteiger partial charge in [-0.2, -0.15) is 13.2 Å². The first-order valence-electron chi connectivity index (χ1n) is 6.46. The number of piperidine rings is 1. The van der Waals surface area contributed by atoms with Crippen molar-refractivity contribution in [2.24, 2.45) is 17.8 Å². The normalized spacial score (nSPS) is 33.8. The van der Waals surface area contributed by atoms with Crippen LogP contribution >= 0.6 is 0 Å². The average Bonchev–Trinajstić information content (AvgIpc) is 2.73. The number of rotatable bonds is 1. The number of carbonyl (C=O) groups is 1. The van der Waals surface area contributed by atoms with Gasteiger partial charge < -0.3 is 10.2 Å². The van der Waals surface area contributed by atoms with Crippen molar-refractivity contribution >= 4 is 5.91 Å². The van der Waals surface area contributed by atoms with E-state index in [4.69, 9.17) is 0 Å². The molecular weight excluding hydrogens is 245 g/mol. The van der Waals surface area contributed by atoms with Crippen LogP contribution in [0.2, 0.25) is 0 Å². The summed E-state index contributed by atoms with van der Waals surface area (Å²) in [5.74, 6) is -1.40. The van der Waals surface area contributed by atoms with E-state index in [0.717, 1.165) is 6.54 Å². The molecule has 3 nitrogen and oxygen atoms in total. The molecule has 0 saturated carbocycles. The third-order valence-corrected chi connectivity index (χ3v) is 4.03. The van der Waals surface area contributed by atoms with E-state index < -0.39 is 12.1 Å². The number of nitrogens with one attached hydrogen (secondary N) is 1. The highest BCUT2D eigenvalue weighted by molar-refractivity contribution is 5.79. The van der Waals surface area contributed by atoms with Crippen molar-refractivity contribution < 1.29 is 18.0 Å². The van der Waals surface area contributed by atoms with Gasteiger partial charge in [0.25, 0.3) is 0 Å². The third kappa shape index (κ3) is 2.79. The van der Waals surface area contributed by atoms with Crippen molar-refractivity contribution in [3.63, 3.8) is 0 Å². The molecule has 6 heteroatoms. The zero-order valence-electron chi connectivity index (χ0n) is 10.5. The first kappa shape index (κ1) is 13.6. The Morgan fingerprint density at radius 1 is 1.33 bits per heavy atom.